The third-order valence-electron chi connectivity index (χ3n) is 8.17. The van der Waals surface area contributed by atoms with Gasteiger partial charge >= 0.3 is 0 Å². The predicted octanol–water partition coefficient (Wildman–Crippen LogP) is 1.16. The molecule has 3 aliphatic carbocycles. The van der Waals surface area contributed by atoms with E-state index in [1.165, 1.54) is 25.1 Å². The van der Waals surface area contributed by atoms with Crippen molar-refractivity contribution in [2.24, 2.45) is 17.6 Å². The number of aliphatic hydroxyl groups is 4. The second-order valence-electron chi connectivity index (χ2n) is 10.4. The highest BCUT2D eigenvalue weighted by atomic mass is 16.4. The largest absolute Gasteiger partial charge is 0.508 e. The number of hydrogen-bond donors (Lipinski definition) is 6. The van der Waals surface area contributed by atoms with Crippen molar-refractivity contribution >= 4 is 23.2 Å². The summed E-state index contributed by atoms with van der Waals surface area (Å²) >= 11 is 0. The number of ketones is 2. The van der Waals surface area contributed by atoms with Gasteiger partial charge in [0.2, 0.25) is 5.78 Å². The van der Waals surface area contributed by atoms with E-state index in [2.05, 4.69) is 0 Å². The van der Waals surface area contributed by atoms with Crippen LogP contribution >= 0.6 is 0 Å². The molecule has 1 amide bonds. The van der Waals surface area contributed by atoms with Crippen molar-refractivity contribution in [2.75, 3.05) is 14.1 Å². The molecule has 2 aromatic carbocycles. The van der Waals surface area contributed by atoms with Gasteiger partial charge in [-0.25, -0.2) is 0 Å². The number of likely N-dealkylation sites (N-methyl/N-ethyl adjacent to an activating group) is 1. The maximum atomic E-state index is 13.9. The number of aliphatic hydroxyl groups excluding tert-OH is 3. The predicted molar refractivity (Wildman–Crippen MR) is 136 cm³/mol. The molecule has 6 atom stereocenters. The third-order valence-corrected chi connectivity index (χ3v) is 8.17. The van der Waals surface area contributed by atoms with Crippen LogP contribution < -0.4 is 5.73 Å². The van der Waals surface area contributed by atoms with Crippen LogP contribution in [0.2, 0.25) is 0 Å². The van der Waals surface area contributed by atoms with E-state index in [1.54, 1.807) is 13.0 Å². The van der Waals surface area contributed by atoms with Gasteiger partial charge in [0.05, 0.1) is 23.6 Å². The molecule has 1 saturated carbocycles. The van der Waals surface area contributed by atoms with E-state index < -0.39 is 75.6 Å². The Balaban J connectivity index is 1.78. The highest BCUT2D eigenvalue weighted by molar-refractivity contribution is 6.24. The molecule has 198 valence electrons. The van der Waals surface area contributed by atoms with Gasteiger partial charge in [-0.2, -0.15) is 0 Å². The number of aromatic hydroxyl groups is 1. The molecular formula is C28H28N2O8. The normalized spacial score (nSPS) is 30.7. The lowest BCUT2D eigenvalue weighted by Gasteiger charge is -2.53. The highest BCUT2D eigenvalue weighted by Gasteiger charge is 2.68. The second kappa shape index (κ2) is 8.52. The Morgan fingerprint density at radius 1 is 1.03 bits per heavy atom. The minimum absolute atomic E-state index is 0.0410. The number of nitrogens with zero attached hydrogens (tertiary/aromatic N) is 1. The van der Waals surface area contributed by atoms with Gasteiger partial charge < -0.3 is 31.3 Å². The number of nitrogens with two attached hydrogens (primary N) is 1. The highest BCUT2D eigenvalue weighted by Crippen LogP contribution is 2.56. The van der Waals surface area contributed by atoms with Gasteiger partial charge in [-0.05, 0) is 48.8 Å². The number of carbonyl (C=O) groups excluding carboxylic acids is 3. The first kappa shape index (κ1) is 25.7. The Morgan fingerprint density at radius 2 is 1.66 bits per heavy atom. The van der Waals surface area contributed by atoms with Crippen LogP contribution in [0.1, 0.15) is 24.0 Å². The molecule has 0 radical (unpaired) electrons. The third kappa shape index (κ3) is 3.20. The average molecular weight is 521 g/mol. The number of primary amides is 1. The van der Waals surface area contributed by atoms with E-state index in [9.17, 15) is 39.9 Å². The molecule has 0 heterocycles. The van der Waals surface area contributed by atoms with Crippen molar-refractivity contribution in [1.29, 1.82) is 0 Å². The zero-order valence-corrected chi connectivity index (χ0v) is 20.9. The SMILES string of the molecule is C[C@H]1c2cc(-c3ccccc3)cc(O)c2C(O)=C2C(=O)[C@]3(O)C(O)=C(C(N)=O)C(=O)[C@@H](N(C)C)C3C(O)C21. The van der Waals surface area contributed by atoms with Crippen molar-refractivity contribution in [2.45, 2.75) is 30.6 Å². The number of hydrogen-bond acceptors (Lipinski definition) is 9. The van der Waals surface area contributed by atoms with E-state index in [1.807, 2.05) is 30.3 Å². The molecule has 38 heavy (non-hydrogen) atoms. The van der Waals surface area contributed by atoms with Gasteiger partial charge in [0.25, 0.3) is 5.91 Å². The molecular weight excluding hydrogens is 492 g/mol. The van der Waals surface area contributed by atoms with Gasteiger partial charge in [0.15, 0.2) is 11.4 Å². The fraction of sp³-hybridized carbons (Fsp3) is 0.321. The zero-order valence-electron chi connectivity index (χ0n) is 20.9. The molecule has 0 bridgehead atoms. The van der Waals surface area contributed by atoms with Crippen molar-refractivity contribution in [3.8, 4) is 16.9 Å². The lowest BCUT2D eigenvalue weighted by Crippen LogP contribution is -2.70. The van der Waals surface area contributed by atoms with Gasteiger partial charge in [0, 0.05) is 11.5 Å². The number of amides is 1. The molecule has 3 unspecified atom stereocenters. The Kier molecular flexibility index (Phi) is 5.75. The first-order valence-corrected chi connectivity index (χ1v) is 12.1. The van der Waals surface area contributed by atoms with Crippen LogP contribution in [0.15, 0.2) is 59.4 Å². The number of fused-ring (bicyclic) bond motifs is 3. The molecule has 5 rings (SSSR count). The Bertz CT molecular complexity index is 1460. The number of benzene rings is 2. The summed E-state index contributed by atoms with van der Waals surface area (Å²) in [6.07, 6.45) is -1.63. The Labute approximate surface area is 217 Å². The Morgan fingerprint density at radius 3 is 2.24 bits per heavy atom. The topological polar surface area (TPSA) is 182 Å². The standard InChI is InChI=1S/C28H28N2O8/c1-11-14-9-13(12-7-5-4-6-8-12)10-15(31)17(14)22(32)18-16(11)23(33)20-21(30(2)3)24(34)19(27(29)37)26(36)28(20,38)25(18)35/h4-11,16,20-21,23,31-33,36,38H,1-3H3,(H2,29,37)/t11-,16?,20?,21-,23?,28-/m0/s1. The van der Waals surface area contributed by atoms with Gasteiger partial charge in [-0.1, -0.05) is 37.3 Å². The maximum Gasteiger partial charge on any atom is 0.255 e. The van der Waals surface area contributed by atoms with Crippen LogP contribution in [-0.2, 0) is 14.4 Å². The molecule has 2 aromatic rings. The van der Waals surface area contributed by atoms with Crippen LogP contribution in [0.5, 0.6) is 5.75 Å². The van der Waals surface area contributed by atoms with E-state index in [-0.39, 0.29) is 11.3 Å². The summed E-state index contributed by atoms with van der Waals surface area (Å²) in [6, 6.07) is 11.0. The summed E-state index contributed by atoms with van der Waals surface area (Å²) in [5, 5.41) is 56.5. The van der Waals surface area contributed by atoms with Crippen molar-refractivity contribution in [1.82, 2.24) is 4.90 Å². The fourth-order valence-electron chi connectivity index (χ4n) is 6.44. The minimum atomic E-state index is -2.93. The van der Waals surface area contributed by atoms with Crippen molar-refractivity contribution in [3.05, 3.63) is 70.5 Å². The van der Waals surface area contributed by atoms with Crippen LogP contribution in [0.3, 0.4) is 0 Å². The van der Waals surface area contributed by atoms with E-state index in [0.29, 0.717) is 11.1 Å². The fourth-order valence-corrected chi connectivity index (χ4v) is 6.44. The summed E-state index contributed by atoms with van der Waals surface area (Å²) in [6.45, 7) is 1.70. The van der Waals surface area contributed by atoms with Crippen molar-refractivity contribution in [3.63, 3.8) is 0 Å². The second-order valence-corrected chi connectivity index (χ2v) is 10.4. The van der Waals surface area contributed by atoms with Crippen LogP contribution in [0.4, 0.5) is 0 Å². The lowest BCUT2D eigenvalue weighted by molar-refractivity contribution is -0.169. The van der Waals surface area contributed by atoms with Gasteiger partial charge in [0.1, 0.15) is 22.8 Å². The average Bonchev–Trinajstić information content (AvgIpc) is 2.86. The summed E-state index contributed by atoms with van der Waals surface area (Å²) in [5.74, 6) is -9.08. The number of phenolic OH excluding ortho intramolecular Hbond substituents is 1. The van der Waals surface area contributed by atoms with E-state index in [0.717, 1.165) is 5.56 Å². The van der Waals surface area contributed by atoms with Crippen LogP contribution in [-0.4, -0.2) is 79.7 Å². The first-order chi connectivity index (χ1) is 17.8. The zero-order chi connectivity index (χ0) is 27.8. The first-order valence-electron chi connectivity index (χ1n) is 12.1. The summed E-state index contributed by atoms with van der Waals surface area (Å²) < 4.78 is 0. The number of carbonyl (C=O) groups is 3. The number of phenols is 1. The van der Waals surface area contributed by atoms with Gasteiger partial charge in [-0.3, -0.25) is 19.3 Å². The molecule has 1 fully saturated rings. The van der Waals surface area contributed by atoms with Gasteiger partial charge in [-0.15, -0.1) is 0 Å². The molecule has 7 N–H and O–H groups in total. The molecule has 10 heteroatoms. The molecule has 0 aliphatic heterocycles. The van der Waals surface area contributed by atoms with Crippen LogP contribution in [0, 0.1) is 11.8 Å². The summed E-state index contributed by atoms with van der Waals surface area (Å²) in [4.78, 5) is 40.6. The van der Waals surface area contributed by atoms with E-state index in [4.69, 9.17) is 5.73 Å². The molecule has 0 spiro atoms. The Hall–Kier alpha value is -3.99. The molecule has 10 nitrogen and oxygen atoms in total. The number of rotatable bonds is 3. The lowest BCUT2D eigenvalue weighted by atomic mass is 9.54. The molecule has 0 saturated heterocycles. The summed E-state index contributed by atoms with van der Waals surface area (Å²) in [5.41, 5.74) is 2.88. The maximum absolute atomic E-state index is 13.9. The number of Topliss-reactive ketones (excluding diaryl/α,β-unsaturated/α-hetero) is 2. The summed E-state index contributed by atoms with van der Waals surface area (Å²) in [7, 11) is 2.93. The monoisotopic (exact) mass is 520 g/mol. The smallest absolute Gasteiger partial charge is 0.255 e. The quantitative estimate of drug-likeness (QED) is 0.324. The van der Waals surface area contributed by atoms with Crippen molar-refractivity contribution < 1.29 is 39.9 Å². The molecule has 3 aliphatic rings. The van der Waals surface area contributed by atoms with Crippen LogP contribution in [0.25, 0.3) is 16.9 Å². The van der Waals surface area contributed by atoms with E-state index >= 15 is 0 Å². The minimum Gasteiger partial charge on any atom is -0.508 e. The molecule has 0 aromatic heterocycles.